The van der Waals surface area contributed by atoms with E-state index in [1.807, 2.05) is 33.2 Å². The van der Waals surface area contributed by atoms with E-state index < -0.39 is 0 Å². The Labute approximate surface area is 118 Å². The lowest BCUT2D eigenvalue weighted by Gasteiger charge is -2.11. The molecular formula is C15H16ClN3. The minimum absolute atomic E-state index is 0.468. The zero-order valence-electron chi connectivity index (χ0n) is 11.3. The molecule has 0 aliphatic rings. The van der Waals surface area contributed by atoms with Gasteiger partial charge in [0, 0.05) is 25.5 Å². The van der Waals surface area contributed by atoms with Crippen molar-refractivity contribution in [3.05, 3.63) is 52.6 Å². The normalized spacial score (nSPS) is 10.9. The first kappa shape index (κ1) is 13.6. The van der Waals surface area contributed by atoms with Crippen molar-refractivity contribution in [2.24, 2.45) is 0 Å². The number of nitrogens with zero attached hydrogens (tertiary/aromatic N) is 3. The standard InChI is InChI=1S/C15H16ClN3/c1-11-10-14(16)18-15(17-11)9-6-12-4-7-13(8-5-12)19(2)3/h4-10H,1-3H3/b9-6+. The molecule has 3 nitrogen and oxygen atoms in total. The van der Waals surface area contributed by atoms with Crippen molar-refractivity contribution in [3.63, 3.8) is 0 Å². The molecule has 2 aromatic rings. The van der Waals surface area contributed by atoms with Crippen LogP contribution in [0.25, 0.3) is 12.2 Å². The molecule has 1 aromatic heterocycles. The van der Waals surface area contributed by atoms with Crippen LogP contribution >= 0.6 is 11.6 Å². The van der Waals surface area contributed by atoms with Crippen molar-refractivity contribution in [2.45, 2.75) is 6.92 Å². The second-order valence-electron chi connectivity index (χ2n) is 4.51. The van der Waals surface area contributed by atoms with Gasteiger partial charge in [-0.3, -0.25) is 0 Å². The van der Waals surface area contributed by atoms with E-state index in [1.165, 1.54) is 5.69 Å². The molecule has 1 aromatic carbocycles. The summed E-state index contributed by atoms with van der Waals surface area (Å²) in [5, 5.41) is 0.468. The molecule has 0 radical (unpaired) electrons. The highest BCUT2D eigenvalue weighted by atomic mass is 35.5. The minimum Gasteiger partial charge on any atom is -0.378 e. The van der Waals surface area contributed by atoms with Gasteiger partial charge in [0.25, 0.3) is 0 Å². The number of rotatable bonds is 3. The van der Waals surface area contributed by atoms with Crippen molar-refractivity contribution < 1.29 is 0 Å². The lowest BCUT2D eigenvalue weighted by atomic mass is 10.2. The Kier molecular flexibility index (Phi) is 4.17. The minimum atomic E-state index is 0.468. The summed E-state index contributed by atoms with van der Waals surface area (Å²) in [5.41, 5.74) is 3.14. The van der Waals surface area contributed by atoms with Gasteiger partial charge >= 0.3 is 0 Å². The van der Waals surface area contributed by atoms with E-state index in [9.17, 15) is 0 Å². The summed E-state index contributed by atoms with van der Waals surface area (Å²) in [6.07, 6.45) is 3.84. The highest BCUT2D eigenvalue weighted by Crippen LogP contribution is 2.14. The van der Waals surface area contributed by atoms with Crippen LogP contribution in [0.2, 0.25) is 5.15 Å². The summed E-state index contributed by atoms with van der Waals surface area (Å²) in [6.45, 7) is 1.90. The molecule has 98 valence electrons. The third-order valence-electron chi connectivity index (χ3n) is 2.67. The van der Waals surface area contributed by atoms with Crippen LogP contribution in [0.3, 0.4) is 0 Å². The number of aryl methyl sites for hydroxylation is 1. The number of hydrogen-bond acceptors (Lipinski definition) is 3. The number of hydrogen-bond donors (Lipinski definition) is 0. The molecule has 0 saturated carbocycles. The Balaban J connectivity index is 2.17. The van der Waals surface area contributed by atoms with Gasteiger partial charge in [-0.05, 0) is 36.8 Å². The van der Waals surface area contributed by atoms with Crippen LogP contribution in [0.4, 0.5) is 5.69 Å². The van der Waals surface area contributed by atoms with Crippen molar-refractivity contribution in [3.8, 4) is 0 Å². The first-order chi connectivity index (χ1) is 9.04. The zero-order chi connectivity index (χ0) is 13.8. The maximum Gasteiger partial charge on any atom is 0.153 e. The van der Waals surface area contributed by atoms with Crippen molar-refractivity contribution >= 4 is 29.4 Å². The molecule has 19 heavy (non-hydrogen) atoms. The Hall–Kier alpha value is -1.87. The SMILES string of the molecule is Cc1cc(Cl)nc(/C=C/c2ccc(N(C)C)cc2)n1. The van der Waals surface area contributed by atoms with E-state index >= 15 is 0 Å². The average Bonchev–Trinajstić information content (AvgIpc) is 2.36. The molecule has 0 unspecified atom stereocenters. The molecular weight excluding hydrogens is 258 g/mol. The number of anilines is 1. The average molecular weight is 274 g/mol. The number of aromatic nitrogens is 2. The third-order valence-corrected chi connectivity index (χ3v) is 2.87. The van der Waals surface area contributed by atoms with Crippen LogP contribution in [0.5, 0.6) is 0 Å². The first-order valence-electron chi connectivity index (χ1n) is 6.01. The van der Waals surface area contributed by atoms with Gasteiger partial charge < -0.3 is 4.90 Å². The lowest BCUT2D eigenvalue weighted by Crippen LogP contribution is -2.07. The monoisotopic (exact) mass is 273 g/mol. The Bertz CT molecular complexity index is 569. The second-order valence-corrected chi connectivity index (χ2v) is 4.90. The summed E-state index contributed by atoms with van der Waals surface area (Å²) in [7, 11) is 4.04. The topological polar surface area (TPSA) is 29.0 Å². The van der Waals surface area contributed by atoms with E-state index in [-0.39, 0.29) is 0 Å². The van der Waals surface area contributed by atoms with Gasteiger partial charge in [-0.15, -0.1) is 0 Å². The van der Waals surface area contributed by atoms with Crippen LogP contribution in [0.15, 0.2) is 30.3 Å². The number of halogens is 1. The smallest absolute Gasteiger partial charge is 0.153 e. The molecule has 0 bridgehead atoms. The van der Waals surface area contributed by atoms with Gasteiger partial charge in [0.2, 0.25) is 0 Å². The third kappa shape index (κ3) is 3.80. The second kappa shape index (κ2) is 5.85. The molecule has 0 amide bonds. The zero-order valence-corrected chi connectivity index (χ0v) is 12.0. The van der Waals surface area contributed by atoms with E-state index in [0.29, 0.717) is 11.0 Å². The largest absolute Gasteiger partial charge is 0.378 e. The summed E-state index contributed by atoms with van der Waals surface area (Å²) in [4.78, 5) is 10.5. The van der Waals surface area contributed by atoms with Gasteiger partial charge in [-0.25, -0.2) is 9.97 Å². The fourth-order valence-corrected chi connectivity index (χ4v) is 1.93. The van der Waals surface area contributed by atoms with Gasteiger partial charge in [0.05, 0.1) is 0 Å². The molecule has 1 heterocycles. The van der Waals surface area contributed by atoms with Gasteiger partial charge in [0.15, 0.2) is 5.82 Å². The molecule has 0 aliphatic heterocycles. The van der Waals surface area contributed by atoms with Crippen LogP contribution in [0.1, 0.15) is 17.1 Å². The van der Waals surface area contributed by atoms with Gasteiger partial charge in [-0.1, -0.05) is 29.8 Å². The predicted molar refractivity (Wildman–Crippen MR) is 81.5 cm³/mol. The quantitative estimate of drug-likeness (QED) is 0.799. The van der Waals surface area contributed by atoms with Crippen molar-refractivity contribution in [1.29, 1.82) is 0 Å². The van der Waals surface area contributed by atoms with Crippen LogP contribution in [0, 0.1) is 6.92 Å². The fraction of sp³-hybridized carbons (Fsp3) is 0.200. The predicted octanol–water partition coefficient (Wildman–Crippen LogP) is 3.67. The molecule has 0 aliphatic carbocycles. The molecule has 0 spiro atoms. The molecule has 4 heteroatoms. The van der Waals surface area contributed by atoms with E-state index in [0.717, 1.165) is 11.3 Å². The van der Waals surface area contributed by atoms with Crippen molar-refractivity contribution in [2.75, 3.05) is 19.0 Å². The van der Waals surface area contributed by atoms with Crippen molar-refractivity contribution in [1.82, 2.24) is 9.97 Å². The molecule has 2 rings (SSSR count). The molecule has 0 fully saturated rings. The van der Waals surface area contributed by atoms with Gasteiger partial charge in [0.1, 0.15) is 5.15 Å². The summed E-state index contributed by atoms with van der Waals surface area (Å²) in [5.74, 6) is 0.627. The van der Waals surface area contributed by atoms with Crippen LogP contribution in [-0.2, 0) is 0 Å². The first-order valence-corrected chi connectivity index (χ1v) is 6.39. The highest BCUT2D eigenvalue weighted by molar-refractivity contribution is 6.29. The Morgan fingerprint density at radius 3 is 2.32 bits per heavy atom. The summed E-state index contributed by atoms with van der Waals surface area (Å²) >= 11 is 5.90. The highest BCUT2D eigenvalue weighted by Gasteiger charge is 1.97. The van der Waals surface area contributed by atoms with Crippen LogP contribution in [-0.4, -0.2) is 24.1 Å². The summed E-state index contributed by atoms with van der Waals surface area (Å²) in [6, 6.07) is 10.0. The van der Waals surface area contributed by atoms with E-state index in [2.05, 4.69) is 39.1 Å². The summed E-state index contributed by atoms with van der Waals surface area (Å²) < 4.78 is 0. The van der Waals surface area contributed by atoms with E-state index in [1.54, 1.807) is 6.07 Å². The Morgan fingerprint density at radius 2 is 1.74 bits per heavy atom. The fourth-order valence-electron chi connectivity index (χ4n) is 1.68. The lowest BCUT2D eigenvalue weighted by molar-refractivity contribution is 1.08. The van der Waals surface area contributed by atoms with E-state index in [4.69, 9.17) is 11.6 Å². The maximum absolute atomic E-state index is 5.90. The molecule has 0 saturated heterocycles. The molecule has 0 N–H and O–H groups in total. The molecule has 0 atom stereocenters. The van der Waals surface area contributed by atoms with Crippen LogP contribution < -0.4 is 4.90 Å². The number of benzene rings is 1. The van der Waals surface area contributed by atoms with Gasteiger partial charge in [-0.2, -0.15) is 0 Å². The maximum atomic E-state index is 5.90. The Morgan fingerprint density at radius 1 is 1.05 bits per heavy atom.